The Morgan fingerprint density at radius 3 is 2.57 bits per heavy atom. The predicted molar refractivity (Wildman–Crippen MR) is 84.7 cm³/mol. The van der Waals surface area contributed by atoms with Gasteiger partial charge in [0.1, 0.15) is 0 Å². The average molecular weight is 328 g/mol. The first-order chi connectivity index (χ1) is 10.0. The lowest BCUT2D eigenvalue weighted by Gasteiger charge is -2.16. The molecule has 0 aromatic heterocycles. The summed E-state index contributed by atoms with van der Waals surface area (Å²) in [6, 6.07) is 10.3. The third-order valence-corrected chi connectivity index (χ3v) is 3.88. The van der Waals surface area contributed by atoms with Crippen LogP contribution >= 0.6 is 23.2 Å². The minimum atomic E-state index is -0.367. The predicted octanol–water partition coefficient (Wildman–Crippen LogP) is 4.99. The van der Waals surface area contributed by atoms with Crippen molar-refractivity contribution in [1.29, 1.82) is 0 Å². The smallest absolute Gasteiger partial charge is 0.165 e. The first-order valence-electron chi connectivity index (χ1n) is 6.52. The van der Waals surface area contributed by atoms with Crippen molar-refractivity contribution in [1.82, 2.24) is 5.32 Å². The van der Waals surface area contributed by atoms with Gasteiger partial charge in [-0.25, -0.2) is 4.39 Å². The summed E-state index contributed by atoms with van der Waals surface area (Å²) in [6.45, 7) is 2.54. The molecule has 0 radical (unpaired) electrons. The summed E-state index contributed by atoms with van der Waals surface area (Å²) >= 11 is 12.0. The van der Waals surface area contributed by atoms with Crippen LogP contribution in [0.3, 0.4) is 0 Å². The van der Waals surface area contributed by atoms with Crippen LogP contribution < -0.4 is 10.1 Å². The first-order valence-corrected chi connectivity index (χ1v) is 7.27. The standard InChI is InChI=1S/C16H16Cl2FNO/c1-10(11-4-6-16(21-2)15(19)7-11)20-9-12-3-5-13(17)8-14(12)18/h3-8,10,20H,9H2,1-2H3. The summed E-state index contributed by atoms with van der Waals surface area (Å²) in [5, 5.41) is 4.52. The number of rotatable bonds is 5. The minimum Gasteiger partial charge on any atom is -0.494 e. The largest absolute Gasteiger partial charge is 0.494 e. The van der Waals surface area contributed by atoms with E-state index < -0.39 is 0 Å². The van der Waals surface area contributed by atoms with Gasteiger partial charge < -0.3 is 10.1 Å². The third-order valence-electron chi connectivity index (χ3n) is 3.29. The normalized spacial score (nSPS) is 12.2. The zero-order valence-corrected chi connectivity index (χ0v) is 13.3. The molecule has 0 saturated carbocycles. The van der Waals surface area contributed by atoms with Crippen LogP contribution in [0.2, 0.25) is 10.0 Å². The highest BCUT2D eigenvalue weighted by molar-refractivity contribution is 6.35. The van der Waals surface area contributed by atoms with Gasteiger partial charge in [0.15, 0.2) is 11.6 Å². The van der Waals surface area contributed by atoms with Crippen molar-refractivity contribution in [2.75, 3.05) is 7.11 Å². The van der Waals surface area contributed by atoms with Crippen molar-refractivity contribution < 1.29 is 9.13 Å². The number of hydrogen-bond acceptors (Lipinski definition) is 2. The third kappa shape index (κ3) is 4.10. The van der Waals surface area contributed by atoms with Gasteiger partial charge in [0, 0.05) is 22.6 Å². The molecule has 2 nitrogen and oxygen atoms in total. The quantitative estimate of drug-likeness (QED) is 0.835. The zero-order chi connectivity index (χ0) is 15.4. The number of ether oxygens (including phenoxy) is 1. The summed E-state index contributed by atoms with van der Waals surface area (Å²) in [5.74, 6) is -0.125. The maximum absolute atomic E-state index is 13.7. The second kappa shape index (κ2) is 7.12. The molecule has 2 rings (SSSR count). The van der Waals surface area contributed by atoms with E-state index in [9.17, 15) is 4.39 Å². The fourth-order valence-electron chi connectivity index (χ4n) is 2.00. The molecule has 0 aliphatic heterocycles. The highest BCUT2D eigenvalue weighted by atomic mass is 35.5. The van der Waals surface area contributed by atoms with E-state index in [2.05, 4.69) is 5.32 Å². The topological polar surface area (TPSA) is 21.3 Å². The van der Waals surface area contributed by atoms with Crippen LogP contribution in [0.1, 0.15) is 24.1 Å². The SMILES string of the molecule is COc1ccc(C(C)NCc2ccc(Cl)cc2Cl)cc1F. The molecular formula is C16H16Cl2FNO. The molecule has 21 heavy (non-hydrogen) atoms. The van der Waals surface area contributed by atoms with E-state index in [4.69, 9.17) is 27.9 Å². The number of nitrogens with one attached hydrogen (secondary N) is 1. The molecule has 2 aromatic carbocycles. The van der Waals surface area contributed by atoms with Crippen LogP contribution in [0.15, 0.2) is 36.4 Å². The Morgan fingerprint density at radius 1 is 1.19 bits per heavy atom. The fraction of sp³-hybridized carbons (Fsp3) is 0.250. The monoisotopic (exact) mass is 327 g/mol. The van der Waals surface area contributed by atoms with Crippen molar-refractivity contribution in [3.05, 3.63) is 63.4 Å². The molecular weight excluding hydrogens is 312 g/mol. The molecule has 112 valence electrons. The van der Waals surface area contributed by atoms with E-state index in [1.165, 1.54) is 13.2 Å². The van der Waals surface area contributed by atoms with E-state index in [0.29, 0.717) is 16.6 Å². The summed E-state index contributed by atoms with van der Waals surface area (Å²) < 4.78 is 18.6. The van der Waals surface area contributed by atoms with Gasteiger partial charge in [0.2, 0.25) is 0 Å². The average Bonchev–Trinajstić information content (AvgIpc) is 2.46. The summed E-state index contributed by atoms with van der Waals surface area (Å²) in [4.78, 5) is 0. The summed E-state index contributed by atoms with van der Waals surface area (Å²) in [6.07, 6.45) is 0. The van der Waals surface area contributed by atoms with Crippen LogP contribution in [0, 0.1) is 5.82 Å². The first kappa shape index (κ1) is 16.1. The van der Waals surface area contributed by atoms with E-state index in [1.54, 1.807) is 18.2 Å². The highest BCUT2D eigenvalue weighted by Crippen LogP contribution is 2.24. The molecule has 0 spiro atoms. The second-order valence-corrected chi connectivity index (χ2v) is 5.58. The van der Waals surface area contributed by atoms with Crippen molar-refractivity contribution in [2.24, 2.45) is 0 Å². The van der Waals surface area contributed by atoms with E-state index >= 15 is 0 Å². The minimum absolute atomic E-state index is 0.0165. The van der Waals surface area contributed by atoms with Crippen molar-refractivity contribution in [3.8, 4) is 5.75 Å². The Bertz CT molecular complexity index is 634. The Balaban J connectivity index is 2.04. The Morgan fingerprint density at radius 2 is 1.95 bits per heavy atom. The van der Waals surface area contributed by atoms with Crippen LogP contribution in [-0.4, -0.2) is 7.11 Å². The Labute approximate surface area is 133 Å². The summed E-state index contributed by atoms with van der Waals surface area (Å²) in [7, 11) is 1.45. The lowest BCUT2D eigenvalue weighted by atomic mass is 10.1. The molecule has 0 aliphatic carbocycles. The zero-order valence-electron chi connectivity index (χ0n) is 11.8. The molecule has 0 saturated heterocycles. The molecule has 1 N–H and O–H groups in total. The fourth-order valence-corrected chi connectivity index (χ4v) is 2.47. The molecule has 0 amide bonds. The molecule has 5 heteroatoms. The molecule has 2 aromatic rings. The maximum atomic E-state index is 13.7. The number of hydrogen-bond donors (Lipinski definition) is 1. The Kier molecular flexibility index (Phi) is 5.45. The number of benzene rings is 2. The van der Waals surface area contributed by atoms with Crippen LogP contribution in [0.4, 0.5) is 4.39 Å². The second-order valence-electron chi connectivity index (χ2n) is 4.73. The van der Waals surface area contributed by atoms with Gasteiger partial charge in [-0.05, 0) is 42.3 Å². The van der Waals surface area contributed by atoms with Crippen molar-refractivity contribution in [3.63, 3.8) is 0 Å². The molecule has 0 bridgehead atoms. The highest BCUT2D eigenvalue weighted by Gasteiger charge is 2.10. The van der Waals surface area contributed by atoms with Gasteiger partial charge in [-0.15, -0.1) is 0 Å². The van der Waals surface area contributed by atoms with Crippen LogP contribution in [0.25, 0.3) is 0 Å². The number of methoxy groups -OCH3 is 1. The van der Waals surface area contributed by atoms with Crippen LogP contribution in [-0.2, 0) is 6.54 Å². The number of halogens is 3. The lowest BCUT2D eigenvalue weighted by Crippen LogP contribution is -2.18. The van der Waals surface area contributed by atoms with Gasteiger partial charge in [-0.2, -0.15) is 0 Å². The van der Waals surface area contributed by atoms with E-state index in [-0.39, 0.29) is 17.6 Å². The summed E-state index contributed by atoms with van der Waals surface area (Å²) in [5.41, 5.74) is 1.79. The van der Waals surface area contributed by atoms with Crippen molar-refractivity contribution >= 4 is 23.2 Å². The van der Waals surface area contributed by atoms with Gasteiger partial charge in [0.05, 0.1) is 7.11 Å². The molecule has 0 heterocycles. The van der Waals surface area contributed by atoms with Gasteiger partial charge in [-0.3, -0.25) is 0 Å². The van der Waals surface area contributed by atoms with Crippen molar-refractivity contribution in [2.45, 2.75) is 19.5 Å². The molecule has 1 atom stereocenters. The van der Waals surface area contributed by atoms with E-state index in [0.717, 1.165) is 11.1 Å². The van der Waals surface area contributed by atoms with Gasteiger partial charge in [-0.1, -0.05) is 35.3 Å². The Hall–Kier alpha value is -1.29. The molecule has 1 unspecified atom stereocenters. The van der Waals surface area contributed by atoms with E-state index in [1.807, 2.05) is 19.1 Å². The molecule has 0 aliphatic rings. The van der Waals surface area contributed by atoms with Crippen LogP contribution in [0.5, 0.6) is 5.75 Å². The maximum Gasteiger partial charge on any atom is 0.165 e. The van der Waals surface area contributed by atoms with Gasteiger partial charge >= 0.3 is 0 Å². The van der Waals surface area contributed by atoms with Gasteiger partial charge in [0.25, 0.3) is 0 Å². The molecule has 0 fully saturated rings. The lowest BCUT2D eigenvalue weighted by molar-refractivity contribution is 0.385.